The molecule has 10 heavy (non-hydrogen) atoms. The SMILES string of the molecule is C=C(C)CCCCC(=C)O. The molecule has 0 rings (SSSR count). The topological polar surface area (TPSA) is 20.2 Å². The van der Waals surface area contributed by atoms with Crippen LogP contribution in [0, 0.1) is 0 Å². The van der Waals surface area contributed by atoms with Crippen LogP contribution < -0.4 is 0 Å². The second-order valence-corrected chi connectivity index (χ2v) is 2.73. The predicted octanol–water partition coefficient (Wildman–Crippen LogP) is 3.19. The molecule has 0 unspecified atom stereocenters. The van der Waals surface area contributed by atoms with E-state index in [1.807, 2.05) is 6.92 Å². The van der Waals surface area contributed by atoms with Crippen LogP contribution in [-0.4, -0.2) is 5.11 Å². The molecule has 0 heterocycles. The number of rotatable bonds is 5. The molecule has 1 heteroatoms. The van der Waals surface area contributed by atoms with Gasteiger partial charge >= 0.3 is 0 Å². The van der Waals surface area contributed by atoms with E-state index in [2.05, 4.69) is 13.2 Å². The monoisotopic (exact) mass is 140 g/mol. The minimum absolute atomic E-state index is 0.293. The molecule has 0 aromatic rings. The smallest absolute Gasteiger partial charge is 0.0851 e. The molecule has 0 bridgehead atoms. The van der Waals surface area contributed by atoms with E-state index in [4.69, 9.17) is 5.11 Å². The number of aliphatic hydroxyl groups excluding tert-OH is 1. The summed E-state index contributed by atoms with van der Waals surface area (Å²) in [6.07, 6.45) is 3.91. The lowest BCUT2D eigenvalue weighted by Crippen LogP contribution is -1.81. The Morgan fingerprint density at radius 1 is 1.20 bits per heavy atom. The first-order valence-corrected chi connectivity index (χ1v) is 3.64. The average Bonchev–Trinajstić information content (AvgIpc) is 1.79. The van der Waals surface area contributed by atoms with Gasteiger partial charge in [-0.15, -0.1) is 6.58 Å². The molecule has 0 aromatic carbocycles. The summed E-state index contributed by atoms with van der Waals surface area (Å²) in [4.78, 5) is 0. The molecular formula is C9H16O. The lowest BCUT2D eigenvalue weighted by Gasteiger charge is -1.98. The van der Waals surface area contributed by atoms with Crippen LogP contribution in [-0.2, 0) is 0 Å². The molecule has 0 aromatic heterocycles. The van der Waals surface area contributed by atoms with Crippen LogP contribution in [0.3, 0.4) is 0 Å². The fourth-order valence-electron chi connectivity index (χ4n) is 0.756. The zero-order chi connectivity index (χ0) is 7.98. The van der Waals surface area contributed by atoms with Crippen LogP contribution in [0.1, 0.15) is 32.6 Å². The lowest BCUT2D eigenvalue weighted by atomic mass is 10.1. The van der Waals surface area contributed by atoms with E-state index in [0.717, 1.165) is 25.7 Å². The Labute approximate surface area is 63.1 Å². The molecule has 0 spiro atoms. The summed E-state index contributed by atoms with van der Waals surface area (Å²) in [5, 5.41) is 8.70. The summed E-state index contributed by atoms with van der Waals surface area (Å²) in [6.45, 7) is 9.21. The molecule has 0 atom stereocenters. The van der Waals surface area contributed by atoms with Crippen LogP contribution >= 0.6 is 0 Å². The first kappa shape index (κ1) is 9.28. The van der Waals surface area contributed by atoms with Gasteiger partial charge in [-0.2, -0.15) is 0 Å². The molecule has 1 N–H and O–H groups in total. The summed E-state index contributed by atoms with van der Waals surface area (Å²) in [6, 6.07) is 0. The summed E-state index contributed by atoms with van der Waals surface area (Å²) in [5.74, 6) is 0.293. The van der Waals surface area contributed by atoms with Crippen molar-refractivity contribution in [1.82, 2.24) is 0 Å². The fraction of sp³-hybridized carbons (Fsp3) is 0.556. The number of aliphatic hydroxyl groups is 1. The van der Waals surface area contributed by atoms with Crippen LogP contribution in [0.2, 0.25) is 0 Å². The van der Waals surface area contributed by atoms with Gasteiger partial charge < -0.3 is 5.11 Å². The second-order valence-electron chi connectivity index (χ2n) is 2.73. The molecule has 0 amide bonds. The van der Waals surface area contributed by atoms with Gasteiger partial charge in [-0.05, 0) is 26.2 Å². The van der Waals surface area contributed by atoms with Crippen LogP contribution in [0.15, 0.2) is 24.5 Å². The number of unbranched alkanes of at least 4 members (excludes halogenated alkanes) is 1. The van der Waals surface area contributed by atoms with Crippen LogP contribution in [0.4, 0.5) is 0 Å². The Bertz CT molecular complexity index is 109. The maximum atomic E-state index is 8.70. The highest BCUT2D eigenvalue weighted by atomic mass is 16.3. The highest BCUT2D eigenvalue weighted by molar-refractivity contribution is 4.88. The van der Waals surface area contributed by atoms with Gasteiger partial charge in [0.05, 0.1) is 5.76 Å². The molecule has 0 aliphatic rings. The molecule has 0 aliphatic heterocycles. The largest absolute Gasteiger partial charge is 0.513 e. The summed E-state index contributed by atoms with van der Waals surface area (Å²) >= 11 is 0. The minimum atomic E-state index is 0.293. The van der Waals surface area contributed by atoms with E-state index >= 15 is 0 Å². The van der Waals surface area contributed by atoms with Crippen molar-refractivity contribution in [2.45, 2.75) is 32.6 Å². The molecule has 0 saturated carbocycles. The molecule has 0 fully saturated rings. The Balaban J connectivity index is 3.06. The highest BCUT2D eigenvalue weighted by Gasteiger charge is 1.90. The van der Waals surface area contributed by atoms with Gasteiger partial charge in [-0.25, -0.2) is 0 Å². The summed E-state index contributed by atoms with van der Waals surface area (Å²) in [5.41, 5.74) is 1.21. The van der Waals surface area contributed by atoms with Gasteiger partial charge in [-0.1, -0.05) is 12.2 Å². The Hall–Kier alpha value is -0.720. The van der Waals surface area contributed by atoms with E-state index < -0.39 is 0 Å². The maximum absolute atomic E-state index is 8.70. The first-order valence-electron chi connectivity index (χ1n) is 3.64. The van der Waals surface area contributed by atoms with Crippen LogP contribution in [0.5, 0.6) is 0 Å². The third-order valence-electron chi connectivity index (χ3n) is 1.32. The normalized spacial score (nSPS) is 9.30. The van der Waals surface area contributed by atoms with E-state index in [0.29, 0.717) is 5.76 Å². The third kappa shape index (κ3) is 7.28. The van der Waals surface area contributed by atoms with E-state index in [1.54, 1.807) is 0 Å². The number of hydrogen-bond acceptors (Lipinski definition) is 1. The van der Waals surface area contributed by atoms with Crippen molar-refractivity contribution >= 4 is 0 Å². The average molecular weight is 140 g/mol. The molecule has 1 nitrogen and oxygen atoms in total. The van der Waals surface area contributed by atoms with Crippen LogP contribution in [0.25, 0.3) is 0 Å². The van der Waals surface area contributed by atoms with Crippen molar-refractivity contribution in [2.75, 3.05) is 0 Å². The third-order valence-corrected chi connectivity index (χ3v) is 1.32. The summed E-state index contributed by atoms with van der Waals surface area (Å²) < 4.78 is 0. The standard InChI is InChI=1S/C9H16O/c1-8(2)6-4-5-7-9(3)10/h10H,1,3-7H2,2H3. The minimum Gasteiger partial charge on any atom is -0.513 e. The Morgan fingerprint density at radius 2 is 1.70 bits per heavy atom. The van der Waals surface area contributed by atoms with Gasteiger partial charge in [0.15, 0.2) is 0 Å². The number of hydrogen-bond donors (Lipinski definition) is 1. The van der Waals surface area contributed by atoms with E-state index in [1.165, 1.54) is 5.57 Å². The molecule has 0 aliphatic carbocycles. The molecular weight excluding hydrogens is 124 g/mol. The van der Waals surface area contributed by atoms with Crippen molar-refractivity contribution in [3.8, 4) is 0 Å². The molecule has 0 saturated heterocycles. The lowest BCUT2D eigenvalue weighted by molar-refractivity contribution is 0.385. The zero-order valence-corrected chi connectivity index (χ0v) is 6.69. The molecule has 58 valence electrons. The van der Waals surface area contributed by atoms with E-state index in [9.17, 15) is 0 Å². The number of allylic oxidation sites excluding steroid dienone is 2. The van der Waals surface area contributed by atoms with Gasteiger partial charge in [-0.3, -0.25) is 0 Å². The van der Waals surface area contributed by atoms with Gasteiger partial charge in [0, 0.05) is 6.42 Å². The predicted molar refractivity (Wildman–Crippen MR) is 45.1 cm³/mol. The van der Waals surface area contributed by atoms with Crippen molar-refractivity contribution < 1.29 is 5.11 Å². The zero-order valence-electron chi connectivity index (χ0n) is 6.69. The Kier molecular flexibility index (Phi) is 4.73. The molecule has 0 radical (unpaired) electrons. The Morgan fingerprint density at radius 3 is 2.10 bits per heavy atom. The summed E-state index contributed by atoms with van der Waals surface area (Å²) in [7, 11) is 0. The van der Waals surface area contributed by atoms with Crippen molar-refractivity contribution in [3.63, 3.8) is 0 Å². The second kappa shape index (κ2) is 5.10. The first-order chi connectivity index (χ1) is 4.63. The van der Waals surface area contributed by atoms with Crippen molar-refractivity contribution in [3.05, 3.63) is 24.5 Å². The van der Waals surface area contributed by atoms with Gasteiger partial charge in [0.25, 0.3) is 0 Å². The quantitative estimate of drug-likeness (QED) is 0.353. The van der Waals surface area contributed by atoms with Crippen molar-refractivity contribution in [1.29, 1.82) is 0 Å². The maximum Gasteiger partial charge on any atom is 0.0851 e. The van der Waals surface area contributed by atoms with Crippen molar-refractivity contribution in [2.24, 2.45) is 0 Å². The van der Waals surface area contributed by atoms with E-state index in [-0.39, 0.29) is 0 Å². The fourth-order valence-corrected chi connectivity index (χ4v) is 0.756. The highest BCUT2D eigenvalue weighted by Crippen LogP contribution is 2.08. The van der Waals surface area contributed by atoms with Gasteiger partial charge in [0.1, 0.15) is 0 Å². The van der Waals surface area contributed by atoms with Gasteiger partial charge in [0.2, 0.25) is 0 Å².